The van der Waals surface area contributed by atoms with Crippen LogP contribution in [-0.2, 0) is 35.0 Å². The Hall–Kier alpha value is -3.14. The molecule has 0 radical (unpaired) electrons. The minimum Gasteiger partial charge on any atom is -0.458 e. The lowest BCUT2D eigenvalue weighted by Gasteiger charge is -2.18. The maximum atomic E-state index is 12.5. The molecular formula is C30H47NO9. The van der Waals surface area contributed by atoms with Gasteiger partial charge in [-0.25, -0.2) is 4.79 Å². The van der Waals surface area contributed by atoms with Gasteiger partial charge in [-0.05, 0) is 48.8 Å². The number of ether oxygens (including phenoxy) is 5. The summed E-state index contributed by atoms with van der Waals surface area (Å²) in [6.45, 7) is 13.4. The van der Waals surface area contributed by atoms with E-state index in [1.54, 1.807) is 13.0 Å². The molecule has 0 saturated carbocycles. The number of hydrogen-bond donors (Lipinski definition) is 1. The van der Waals surface area contributed by atoms with E-state index in [9.17, 15) is 19.2 Å². The van der Waals surface area contributed by atoms with Gasteiger partial charge in [-0.3, -0.25) is 14.4 Å². The van der Waals surface area contributed by atoms with E-state index >= 15 is 0 Å². The zero-order valence-electron chi connectivity index (χ0n) is 25.0. The predicted octanol–water partition coefficient (Wildman–Crippen LogP) is 5.37. The molecule has 0 amide bonds. The number of rotatable bonds is 17. The quantitative estimate of drug-likeness (QED) is 0.194. The van der Waals surface area contributed by atoms with Crippen LogP contribution in [0.15, 0.2) is 18.2 Å². The Morgan fingerprint density at radius 2 is 1.27 bits per heavy atom. The van der Waals surface area contributed by atoms with Crippen molar-refractivity contribution in [2.24, 2.45) is 23.5 Å². The van der Waals surface area contributed by atoms with Crippen LogP contribution in [0.5, 0.6) is 11.5 Å². The van der Waals surface area contributed by atoms with Crippen molar-refractivity contribution in [2.75, 3.05) is 13.2 Å². The molecule has 0 aliphatic heterocycles. The summed E-state index contributed by atoms with van der Waals surface area (Å²) in [7, 11) is 0. The minimum atomic E-state index is -1.04. The SMILES string of the molecule is CCC(C)COC(=O)OC[C@H](C)OC(=O)[C@@H](N)Cc1ccc(OC(=O)CC(C)CC)c(OC(=O)CC(C)CC)c1. The summed E-state index contributed by atoms with van der Waals surface area (Å²) in [6, 6.07) is 3.66. The smallest absolute Gasteiger partial charge is 0.458 e. The van der Waals surface area contributed by atoms with Gasteiger partial charge in [0.2, 0.25) is 0 Å². The van der Waals surface area contributed by atoms with Crippen molar-refractivity contribution < 1.29 is 42.9 Å². The average Bonchev–Trinajstić information content (AvgIpc) is 2.91. The second-order valence-electron chi connectivity index (χ2n) is 10.6. The van der Waals surface area contributed by atoms with Crippen LogP contribution >= 0.6 is 0 Å². The van der Waals surface area contributed by atoms with Crippen molar-refractivity contribution >= 4 is 24.1 Å². The fraction of sp³-hybridized carbons (Fsp3) is 0.667. The summed E-state index contributed by atoms with van der Waals surface area (Å²) in [6.07, 6.45) is 1.45. The molecule has 2 N–H and O–H groups in total. The number of carbonyl (C=O) groups is 4. The van der Waals surface area contributed by atoms with E-state index in [0.29, 0.717) is 5.56 Å². The maximum absolute atomic E-state index is 12.5. The summed E-state index contributed by atoms with van der Waals surface area (Å²) in [5.41, 5.74) is 6.65. The standard InChI is InChI=1S/C30H47NO9/c1-8-19(4)13-27(32)39-25-12-11-23(16-26(25)40-28(33)14-20(5)9-2)15-24(31)29(34)38-22(7)18-37-30(35)36-17-21(6)10-3/h11-12,16,19-22,24H,8-10,13-15,17-18,31H2,1-7H3/t19?,20?,21?,22-,24-/m0/s1. The van der Waals surface area contributed by atoms with Gasteiger partial charge in [-0.1, -0.05) is 66.9 Å². The van der Waals surface area contributed by atoms with Crippen LogP contribution in [0, 0.1) is 17.8 Å². The molecule has 0 aromatic heterocycles. The molecule has 10 nitrogen and oxygen atoms in total. The highest BCUT2D eigenvalue weighted by atomic mass is 16.7. The summed E-state index contributed by atoms with van der Waals surface area (Å²) in [5.74, 6) is -0.872. The highest BCUT2D eigenvalue weighted by Gasteiger charge is 2.22. The Bertz CT molecular complexity index is 964. The summed E-state index contributed by atoms with van der Waals surface area (Å²) >= 11 is 0. The molecule has 5 atom stereocenters. The van der Waals surface area contributed by atoms with Crippen LogP contribution in [0.4, 0.5) is 4.79 Å². The molecule has 0 fully saturated rings. The molecule has 0 saturated heterocycles. The second-order valence-corrected chi connectivity index (χ2v) is 10.6. The van der Waals surface area contributed by atoms with Gasteiger partial charge in [0.25, 0.3) is 0 Å². The van der Waals surface area contributed by atoms with Crippen molar-refractivity contribution in [3.05, 3.63) is 23.8 Å². The number of hydrogen-bond acceptors (Lipinski definition) is 10. The monoisotopic (exact) mass is 565 g/mol. The highest BCUT2D eigenvalue weighted by molar-refractivity contribution is 5.77. The molecule has 0 spiro atoms. The van der Waals surface area contributed by atoms with Gasteiger partial charge in [-0.2, -0.15) is 0 Å². The number of carbonyl (C=O) groups excluding carboxylic acids is 4. The van der Waals surface area contributed by atoms with Crippen LogP contribution in [-0.4, -0.2) is 49.4 Å². The van der Waals surface area contributed by atoms with E-state index in [0.717, 1.165) is 19.3 Å². The van der Waals surface area contributed by atoms with Crippen LogP contribution in [0.3, 0.4) is 0 Å². The Morgan fingerprint density at radius 1 is 0.750 bits per heavy atom. The van der Waals surface area contributed by atoms with Crippen LogP contribution < -0.4 is 15.2 Å². The van der Waals surface area contributed by atoms with Crippen molar-refractivity contribution in [3.63, 3.8) is 0 Å². The number of nitrogens with two attached hydrogens (primary N) is 1. The fourth-order valence-electron chi connectivity index (χ4n) is 3.24. The first-order valence-corrected chi connectivity index (χ1v) is 14.2. The first kappa shape index (κ1) is 34.9. The summed E-state index contributed by atoms with van der Waals surface area (Å²) in [4.78, 5) is 49.1. The molecule has 0 bridgehead atoms. The third kappa shape index (κ3) is 13.8. The molecule has 0 heterocycles. The van der Waals surface area contributed by atoms with E-state index in [-0.39, 0.29) is 61.7 Å². The predicted molar refractivity (Wildman–Crippen MR) is 150 cm³/mol. The van der Waals surface area contributed by atoms with E-state index < -0.39 is 36.2 Å². The number of benzene rings is 1. The molecule has 0 aliphatic carbocycles. The normalized spacial score (nSPS) is 14.7. The van der Waals surface area contributed by atoms with Gasteiger partial charge in [0.1, 0.15) is 18.8 Å². The summed E-state index contributed by atoms with van der Waals surface area (Å²) in [5, 5.41) is 0. The van der Waals surface area contributed by atoms with Gasteiger partial charge in [0, 0.05) is 12.8 Å². The average molecular weight is 566 g/mol. The van der Waals surface area contributed by atoms with Gasteiger partial charge >= 0.3 is 24.1 Å². The largest absolute Gasteiger partial charge is 0.508 e. The second kappa shape index (κ2) is 18.3. The molecule has 1 aromatic rings. The molecule has 1 aromatic carbocycles. The summed E-state index contributed by atoms with van der Waals surface area (Å²) < 4.78 is 26.4. The van der Waals surface area contributed by atoms with Gasteiger partial charge < -0.3 is 29.4 Å². The van der Waals surface area contributed by atoms with Crippen LogP contribution in [0.1, 0.15) is 86.1 Å². The van der Waals surface area contributed by atoms with Gasteiger partial charge in [0.05, 0.1) is 6.61 Å². The van der Waals surface area contributed by atoms with Crippen LogP contribution in [0.25, 0.3) is 0 Å². The zero-order valence-corrected chi connectivity index (χ0v) is 25.0. The Balaban J connectivity index is 2.83. The fourth-order valence-corrected chi connectivity index (χ4v) is 3.24. The molecule has 3 unspecified atom stereocenters. The van der Waals surface area contributed by atoms with E-state index in [1.165, 1.54) is 12.1 Å². The Morgan fingerprint density at radius 3 is 1.82 bits per heavy atom. The van der Waals surface area contributed by atoms with Gasteiger partial charge in [0.15, 0.2) is 11.5 Å². The van der Waals surface area contributed by atoms with Crippen molar-refractivity contribution in [1.82, 2.24) is 0 Å². The lowest BCUT2D eigenvalue weighted by atomic mass is 10.0. The van der Waals surface area contributed by atoms with E-state index in [4.69, 9.17) is 29.4 Å². The van der Waals surface area contributed by atoms with E-state index in [1.807, 2.05) is 41.5 Å². The van der Waals surface area contributed by atoms with Gasteiger partial charge in [-0.15, -0.1) is 0 Å². The highest BCUT2D eigenvalue weighted by Crippen LogP contribution is 2.30. The van der Waals surface area contributed by atoms with Crippen molar-refractivity contribution in [1.29, 1.82) is 0 Å². The lowest BCUT2D eigenvalue weighted by Crippen LogP contribution is -2.37. The first-order valence-electron chi connectivity index (χ1n) is 14.2. The van der Waals surface area contributed by atoms with Crippen molar-refractivity contribution in [2.45, 2.75) is 99.1 Å². The molecular weight excluding hydrogens is 518 g/mol. The molecule has 226 valence electrons. The molecule has 1 rings (SSSR count). The first-order chi connectivity index (χ1) is 18.9. The molecule has 10 heteroatoms. The Labute approximate surface area is 238 Å². The maximum Gasteiger partial charge on any atom is 0.508 e. The third-order valence-corrected chi connectivity index (χ3v) is 6.57. The molecule has 0 aliphatic rings. The van der Waals surface area contributed by atoms with Crippen molar-refractivity contribution in [3.8, 4) is 11.5 Å². The minimum absolute atomic E-state index is 0.0698. The van der Waals surface area contributed by atoms with Crippen LogP contribution in [0.2, 0.25) is 0 Å². The third-order valence-electron chi connectivity index (χ3n) is 6.57. The zero-order chi connectivity index (χ0) is 30.2. The van der Waals surface area contributed by atoms with E-state index in [2.05, 4.69) is 0 Å². The molecule has 40 heavy (non-hydrogen) atoms. The lowest BCUT2D eigenvalue weighted by molar-refractivity contribution is -0.152. The number of esters is 3. The topological polar surface area (TPSA) is 140 Å². The Kier molecular flexibility index (Phi) is 15.9.